The number of nitrogens with zero attached hydrogens (tertiary/aromatic N) is 3. The molecule has 2 aliphatic rings. The zero-order valence-electron chi connectivity index (χ0n) is 17.8. The molecule has 1 aromatic carbocycles. The monoisotopic (exact) mass is 468 g/mol. The molecule has 1 aromatic heterocycles. The van der Waals surface area contributed by atoms with Gasteiger partial charge < -0.3 is 16.0 Å². The van der Waals surface area contributed by atoms with E-state index in [2.05, 4.69) is 28.1 Å². The highest BCUT2D eigenvalue weighted by molar-refractivity contribution is 6.36. The smallest absolute Gasteiger partial charge is 0.163 e. The molecule has 1 aliphatic heterocycles. The summed E-state index contributed by atoms with van der Waals surface area (Å²) in [7, 11) is 0. The first-order valence-corrected chi connectivity index (χ1v) is 11.7. The molecule has 0 atom stereocenters. The van der Waals surface area contributed by atoms with E-state index in [0.29, 0.717) is 41.4 Å². The van der Waals surface area contributed by atoms with Gasteiger partial charge in [-0.1, -0.05) is 42.5 Å². The fourth-order valence-corrected chi connectivity index (χ4v) is 4.53. The molecule has 1 saturated carbocycles. The zero-order chi connectivity index (χ0) is 22.3. The van der Waals surface area contributed by atoms with Crippen LogP contribution < -0.4 is 16.0 Å². The van der Waals surface area contributed by atoms with Crippen molar-refractivity contribution in [2.75, 3.05) is 25.0 Å². The van der Waals surface area contributed by atoms with Gasteiger partial charge in [0.1, 0.15) is 5.82 Å². The number of allylic oxidation sites excluding steroid dienone is 2. The van der Waals surface area contributed by atoms with Gasteiger partial charge in [0.25, 0.3) is 0 Å². The Morgan fingerprint density at radius 3 is 2.56 bits per heavy atom. The molecule has 8 heteroatoms. The van der Waals surface area contributed by atoms with E-state index in [1.165, 1.54) is 19.3 Å². The van der Waals surface area contributed by atoms with Crippen LogP contribution in [0.3, 0.4) is 0 Å². The number of hydrogen-bond acceptors (Lipinski definition) is 6. The van der Waals surface area contributed by atoms with Crippen LogP contribution in [0.25, 0.3) is 11.4 Å². The van der Waals surface area contributed by atoms with Crippen LogP contribution in [0.4, 0.5) is 5.82 Å². The third-order valence-corrected chi connectivity index (χ3v) is 6.30. The first kappa shape index (κ1) is 22.4. The minimum Gasteiger partial charge on any atom is -0.370 e. The van der Waals surface area contributed by atoms with E-state index in [-0.39, 0.29) is 0 Å². The minimum absolute atomic E-state index is 0.452. The van der Waals surface area contributed by atoms with Crippen LogP contribution in [-0.4, -0.2) is 29.6 Å². The summed E-state index contributed by atoms with van der Waals surface area (Å²) in [5.41, 5.74) is 2.58. The van der Waals surface area contributed by atoms with Gasteiger partial charge in [-0.05, 0) is 43.2 Å². The standard InChI is InChI=1S/C24H26Cl2N6/c25-18-7-8-19(20(26)12-18)24-31-21(17-4-2-1-3-5-17)13-23(32-24)29-11-10-28-22-9-6-16(14-27)15-30-22/h6-9,12-13,17,28,30H,1-5,10-11,15H2,(H,29,31,32). The van der Waals surface area contributed by atoms with E-state index in [0.717, 1.165) is 41.3 Å². The maximum absolute atomic E-state index is 8.92. The van der Waals surface area contributed by atoms with Gasteiger partial charge in [-0.3, -0.25) is 0 Å². The molecule has 2 heterocycles. The Kier molecular flexibility index (Phi) is 7.51. The van der Waals surface area contributed by atoms with Crippen LogP contribution >= 0.6 is 23.2 Å². The van der Waals surface area contributed by atoms with Crippen molar-refractivity contribution >= 4 is 29.0 Å². The summed E-state index contributed by atoms with van der Waals surface area (Å²) in [5.74, 6) is 2.77. The van der Waals surface area contributed by atoms with Crippen molar-refractivity contribution in [2.45, 2.75) is 38.0 Å². The van der Waals surface area contributed by atoms with E-state index in [4.69, 9.17) is 38.4 Å². The zero-order valence-corrected chi connectivity index (χ0v) is 19.3. The number of rotatable bonds is 7. The SMILES string of the molecule is N#CC1=CC=C(NCCNc2cc(C3CCCCC3)nc(-c3ccc(Cl)cc3Cl)n2)NC1. The average molecular weight is 469 g/mol. The molecule has 3 N–H and O–H groups in total. The average Bonchev–Trinajstić information content (AvgIpc) is 2.82. The van der Waals surface area contributed by atoms with Crippen molar-refractivity contribution in [1.82, 2.24) is 20.6 Å². The lowest BCUT2D eigenvalue weighted by Gasteiger charge is -2.22. The lowest BCUT2D eigenvalue weighted by atomic mass is 9.87. The Bertz CT molecular complexity index is 1070. The second kappa shape index (κ2) is 10.7. The van der Waals surface area contributed by atoms with Crippen LogP contribution in [-0.2, 0) is 0 Å². The van der Waals surface area contributed by atoms with E-state index in [9.17, 15) is 0 Å². The molecule has 2 aromatic rings. The Morgan fingerprint density at radius 2 is 1.84 bits per heavy atom. The number of anilines is 1. The molecular weight excluding hydrogens is 443 g/mol. The largest absolute Gasteiger partial charge is 0.370 e. The highest BCUT2D eigenvalue weighted by Crippen LogP contribution is 2.35. The van der Waals surface area contributed by atoms with E-state index in [1.54, 1.807) is 6.07 Å². The van der Waals surface area contributed by atoms with Crippen molar-refractivity contribution < 1.29 is 0 Å². The predicted molar refractivity (Wildman–Crippen MR) is 130 cm³/mol. The molecule has 0 amide bonds. The van der Waals surface area contributed by atoms with Crippen LogP contribution in [0, 0.1) is 11.3 Å². The molecule has 0 unspecified atom stereocenters. The number of hydrogen-bond donors (Lipinski definition) is 3. The molecule has 166 valence electrons. The number of benzene rings is 1. The molecule has 1 aliphatic carbocycles. The summed E-state index contributed by atoms with van der Waals surface area (Å²) in [6.45, 7) is 1.93. The third kappa shape index (κ3) is 5.73. The summed E-state index contributed by atoms with van der Waals surface area (Å²) < 4.78 is 0. The Hall–Kier alpha value is -2.75. The fraction of sp³-hybridized carbons (Fsp3) is 0.375. The summed E-state index contributed by atoms with van der Waals surface area (Å²) in [4.78, 5) is 9.63. The van der Waals surface area contributed by atoms with Gasteiger partial charge in [0, 0.05) is 46.9 Å². The number of dihydropyridines is 1. The van der Waals surface area contributed by atoms with E-state index in [1.807, 2.05) is 24.3 Å². The molecule has 0 saturated heterocycles. The van der Waals surface area contributed by atoms with Gasteiger partial charge >= 0.3 is 0 Å². The van der Waals surface area contributed by atoms with Crippen LogP contribution in [0.15, 0.2) is 47.8 Å². The first-order chi connectivity index (χ1) is 15.6. The lowest BCUT2D eigenvalue weighted by molar-refractivity contribution is 0.436. The normalized spacial score (nSPS) is 16.4. The molecule has 4 rings (SSSR count). The van der Waals surface area contributed by atoms with Gasteiger partial charge in [0.2, 0.25) is 0 Å². The Balaban J connectivity index is 1.48. The number of nitriles is 1. The number of nitrogens with one attached hydrogen (secondary N) is 3. The topological polar surface area (TPSA) is 85.7 Å². The van der Waals surface area contributed by atoms with Crippen molar-refractivity contribution in [2.24, 2.45) is 0 Å². The van der Waals surface area contributed by atoms with Crippen LogP contribution in [0.5, 0.6) is 0 Å². The van der Waals surface area contributed by atoms with E-state index >= 15 is 0 Å². The maximum Gasteiger partial charge on any atom is 0.163 e. The quantitative estimate of drug-likeness (QED) is 0.472. The van der Waals surface area contributed by atoms with Gasteiger partial charge in [-0.2, -0.15) is 5.26 Å². The van der Waals surface area contributed by atoms with Crippen molar-refractivity contribution in [3.63, 3.8) is 0 Å². The summed E-state index contributed by atoms with van der Waals surface area (Å²) in [6, 6.07) is 9.64. The number of aromatic nitrogens is 2. The predicted octanol–water partition coefficient (Wildman–Crippen LogP) is 5.39. The van der Waals surface area contributed by atoms with Gasteiger partial charge in [0.05, 0.1) is 23.5 Å². The second-order valence-electron chi connectivity index (χ2n) is 8.05. The Morgan fingerprint density at radius 1 is 1.03 bits per heavy atom. The maximum atomic E-state index is 8.92. The molecule has 0 bridgehead atoms. The molecular formula is C24H26Cl2N6. The van der Waals surface area contributed by atoms with Gasteiger partial charge in [0.15, 0.2) is 5.82 Å². The van der Waals surface area contributed by atoms with Crippen molar-refractivity contribution in [1.29, 1.82) is 5.26 Å². The van der Waals surface area contributed by atoms with Crippen LogP contribution in [0.1, 0.15) is 43.7 Å². The summed E-state index contributed by atoms with van der Waals surface area (Å²) >= 11 is 12.5. The lowest BCUT2D eigenvalue weighted by Crippen LogP contribution is -2.32. The van der Waals surface area contributed by atoms with Gasteiger partial charge in [-0.15, -0.1) is 0 Å². The Labute approximate surface area is 198 Å². The first-order valence-electron chi connectivity index (χ1n) is 11.0. The second-order valence-corrected chi connectivity index (χ2v) is 8.90. The highest BCUT2D eigenvalue weighted by Gasteiger charge is 2.20. The third-order valence-electron chi connectivity index (χ3n) is 5.75. The fourth-order valence-electron chi connectivity index (χ4n) is 4.03. The minimum atomic E-state index is 0.452. The van der Waals surface area contributed by atoms with Crippen molar-refractivity contribution in [3.8, 4) is 17.5 Å². The molecule has 0 spiro atoms. The number of halogens is 2. The molecule has 1 fully saturated rings. The summed E-state index contributed by atoms with van der Waals surface area (Å²) in [5, 5.41) is 20.0. The van der Waals surface area contributed by atoms with Crippen molar-refractivity contribution in [3.05, 3.63) is 63.6 Å². The molecule has 32 heavy (non-hydrogen) atoms. The van der Waals surface area contributed by atoms with E-state index < -0.39 is 0 Å². The molecule has 0 radical (unpaired) electrons. The summed E-state index contributed by atoms with van der Waals surface area (Å²) in [6.07, 6.45) is 9.80. The van der Waals surface area contributed by atoms with Crippen LogP contribution in [0.2, 0.25) is 10.0 Å². The molecule has 6 nitrogen and oxygen atoms in total. The van der Waals surface area contributed by atoms with Gasteiger partial charge in [-0.25, -0.2) is 9.97 Å². The highest BCUT2D eigenvalue weighted by atomic mass is 35.5.